The first kappa shape index (κ1) is 27.7. The third-order valence-corrected chi connectivity index (χ3v) is 7.38. The molecule has 8 nitrogen and oxygen atoms in total. The van der Waals surface area contributed by atoms with Crippen LogP contribution in [0.5, 0.6) is 5.75 Å². The Bertz CT molecular complexity index is 1360. The van der Waals surface area contributed by atoms with E-state index in [2.05, 4.69) is 26.1 Å². The number of halogens is 1. The third kappa shape index (κ3) is 6.27. The summed E-state index contributed by atoms with van der Waals surface area (Å²) < 4.78 is 31.0. The third-order valence-electron chi connectivity index (χ3n) is 5.97. The highest BCUT2D eigenvalue weighted by atomic mass is 35.5. The van der Waals surface area contributed by atoms with Crippen molar-refractivity contribution in [1.82, 2.24) is 15.1 Å². The van der Waals surface area contributed by atoms with Crippen LogP contribution in [0, 0.1) is 0 Å². The zero-order valence-electron chi connectivity index (χ0n) is 21.4. The second-order valence-electron chi connectivity index (χ2n) is 9.85. The number of amides is 1. The molecule has 1 aromatic heterocycles. The summed E-state index contributed by atoms with van der Waals surface area (Å²) in [7, 11) is -2.08. The monoisotopic (exact) mass is 532 g/mol. The number of ether oxygens (including phenoxy) is 1. The number of sulfone groups is 1. The largest absolute Gasteiger partial charge is 0.496 e. The van der Waals surface area contributed by atoms with Gasteiger partial charge in [-0.05, 0) is 42.8 Å². The van der Waals surface area contributed by atoms with Gasteiger partial charge in [-0.2, -0.15) is 5.10 Å². The van der Waals surface area contributed by atoms with E-state index in [1.54, 1.807) is 35.9 Å². The SMILES string of the molecule is COc1cc(C(C)C(=O)NCc2cc(C(C)(C)C)nn2-c2cccc(Cl)c2)ccc1C(N)S(C)(=O)=O. The molecule has 0 fully saturated rings. The summed E-state index contributed by atoms with van der Waals surface area (Å²) in [4.78, 5) is 13.1. The Morgan fingerprint density at radius 1 is 1.19 bits per heavy atom. The van der Waals surface area contributed by atoms with Crippen LogP contribution >= 0.6 is 11.6 Å². The minimum atomic E-state index is -3.51. The van der Waals surface area contributed by atoms with Gasteiger partial charge >= 0.3 is 0 Å². The highest BCUT2D eigenvalue weighted by molar-refractivity contribution is 7.90. The molecule has 0 radical (unpaired) electrons. The van der Waals surface area contributed by atoms with Crippen molar-refractivity contribution in [3.05, 3.63) is 76.1 Å². The van der Waals surface area contributed by atoms with Crippen LogP contribution in [0.25, 0.3) is 5.69 Å². The first-order valence-corrected chi connectivity index (χ1v) is 13.8. The van der Waals surface area contributed by atoms with E-state index in [0.29, 0.717) is 21.9 Å². The first-order chi connectivity index (χ1) is 16.7. The fourth-order valence-electron chi connectivity index (χ4n) is 3.69. The van der Waals surface area contributed by atoms with Crippen molar-refractivity contribution in [2.24, 2.45) is 5.73 Å². The van der Waals surface area contributed by atoms with Gasteiger partial charge in [0.25, 0.3) is 0 Å². The lowest BCUT2D eigenvalue weighted by molar-refractivity contribution is -0.122. The zero-order chi connectivity index (χ0) is 26.8. The number of hydrogen-bond acceptors (Lipinski definition) is 6. The van der Waals surface area contributed by atoms with Crippen molar-refractivity contribution in [3.63, 3.8) is 0 Å². The predicted molar refractivity (Wildman–Crippen MR) is 142 cm³/mol. The number of nitrogens with two attached hydrogens (primary N) is 1. The molecule has 0 aliphatic rings. The highest BCUT2D eigenvalue weighted by Gasteiger charge is 2.25. The predicted octanol–water partition coefficient (Wildman–Crippen LogP) is 4.25. The van der Waals surface area contributed by atoms with Gasteiger partial charge in [-0.25, -0.2) is 13.1 Å². The minimum absolute atomic E-state index is 0.180. The normalized spacial score (nSPS) is 13.8. The van der Waals surface area contributed by atoms with E-state index >= 15 is 0 Å². The second kappa shape index (κ2) is 10.6. The fraction of sp³-hybridized carbons (Fsp3) is 0.385. The lowest BCUT2D eigenvalue weighted by atomic mass is 9.92. The van der Waals surface area contributed by atoms with Gasteiger partial charge in [-0.3, -0.25) is 4.79 Å². The Balaban J connectivity index is 1.84. The molecule has 0 saturated heterocycles. The summed E-state index contributed by atoms with van der Waals surface area (Å²) in [5.41, 5.74) is 9.23. The Morgan fingerprint density at radius 3 is 2.47 bits per heavy atom. The van der Waals surface area contributed by atoms with Crippen LogP contribution in [0.2, 0.25) is 5.02 Å². The van der Waals surface area contributed by atoms with Crippen molar-refractivity contribution < 1.29 is 17.9 Å². The van der Waals surface area contributed by atoms with Gasteiger partial charge in [0.2, 0.25) is 5.91 Å². The lowest BCUT2D eigenvalue weighted by Crippen LogP contribution is -2.28. The second-order valence-corrected chi connectivity index (χ2v) is 12.5. The molecule has 3 rings (SSSR count). The van der Waals surface area contributed by atoms with Crippen LogP contribution in [0.15, 0.2) is 48.5 Å². The number of carbonyl (C=O) groups excluding carboxylic acids is 1. The Morgan fingerprint density at radius 2 is 1.89 bits per heavy atom. The van der Waals surface area contributed by atoms with Gasteiger partial charge in [-0.1, -0.05) is 50.6 Å². The Kier molecular flexibility index (Phi) is 8.17. The van der Waals surface area contributed by atoms with Crippen molar-refractivity contribution in [3.8, 4) is 11.4 Å². The summed E-state index contributed by atoms with van der Waals surface area (Å²) in [5.74, 6) is -0.403. The topological polar surface area (TPSA) is 116 Å². The number of carbonyl (C=O) groups is 1. The molecular weight excluding hydrogens is 500 g/mol. The van der Waals surface area contributed by atoms with Crippen molar-refractivity contribution in [1.29, 1.82) is 0 Å². The molecule has 194 valence electrons. The number of methoxy groups -OCH3 is 1. The molecule has 0 bridgehead atoms. The standard InChI is InChI=1S/C26H33ClN4O4S/c1-16(17-10-11-21(22(12-17)35-5)24(28)36(6,33)34)25(32)29-15-20-14-23(26(2,3)4)30-31(20)19-9-7-8-18(27)13-19/h7-14,16,24H,15,28H2,1-6H3,(H,29,32). The number of rotatable bonds is 8. The summed E-state index contributed by atoms with van der Waals surface area (Å²) in [6, 6.07) is 14.3. The van der Waals surface area contributed by atoms with E-state index in [0.717, 1.165) is 23.3 Å². The van der Waals surface area contributed by atoms with Gasteiger partial charge in [0.1, 0.15) is 11.1 Å². The average molecular weight is 533 g/mol. The van der Waals surface area contributed by atoms with E-state index < -0.39 is 21.1 Å². The van der Waals surface area contributed by atoms with Crippen molar-refractivity contribution in [2.75, 3.05) is 13.4 Å². The summed E-state index contributed by atoms with van der Waals surface area (Å²) >= 11 is 6.20. The van der Waals surface area contributed by atoms with E-state index in [-0.39, 0.29) is 17.9 Å². The molecule has 2 unspecified atom stereocenters. The minimum Gasteiger partial charge on any atom is -0.496 e. The van der Waals surface area contributed by atoms with Crippen LogP contribution in [0.1, 0.15) is 61.5 Å². The van der Waals surface area contributed by atoms with Crippen LogP contribution in [0.4, 0.5) is 0 Å². The molecule has 0 aliphatic carbocycles. The molecule has 0 aliphatic heterocycles. The van der Waals surface area contributed by atoms with Crippen molar-refractivity contribution in [2.45, 2.75) is 50.9 Å². The molecule has 1 heterocycles. The van der Waals surface area contributed by atoms with Gasteiger partial charge in [0.05, 0.1) is 36.6 Å². The molecule has 1 amide bonds. The molecule has 36 heavy (non-hydrogen) atoms. The lowest BCUT2D eigenvalue weighted by Gasteiger charge is -2.18. The van der Waals surface area contributed by atoms with Crippen molar-refractivity contribution >= 4 is 27.3 Å². The van der Waals surface area contributed by atoms with E-state index in [9.17, 15) is 13.2 Å². The highest BCUT2D eigenvalue weighted by Crippen LogP contribution is 2.31. The smallest absolute Gasteiger partial charge is 0.227 e. The van der Waals surface area contributed by atoms with Gasteiger partial charge in [0, 0.05) is 22.3 Å². The van der Waals surface area contributed by atoms with Crippen LogP contribution in [-0.4, -0.2) is 37.5 Å². The van der Waals surface area contributed by atoms with E-state index in [1.165, 1.54) is 7.11 Å². The van der Waals surface area contributed by atoms with E-state index in [1.807, 2.05) is 24.3 Å². The first-order valence-electron chi connectivity index (χ1n) is 11.5. The number of benzene rings is 2. The maximum absolute atomic E-state index is 13.1. The van der Waals surface area contributed by atoms with Gasteiger partial charge in [0.15, 0.2) is 9.84 Å². The molecule has 10 heteroatoms. The number of hydrogen-bond donors (Lipinski definition) is 2. The quantitative estimate of drug-likeness (QED) is 0.448. The Hall–Kier alpha value is -2.88. The number of nitrogens with one attached hydrogen (secondary N) is 1. The molecule has 2 atom stereocenters. The fourth-order valence-corrected chi connectivity index (χ4v) is 4.53. The van der Waals surface area contributed by atoms with Gasteiger partial charge < -0.3 is 15.8 Å². The van der Waals surface area contributed by atoms with Crippen LogP contribution in [0.3, 0.4) is 0 Å². The molecule has 3 N–H and O–H groups in total. The van der Waals surface area contributed by atoms with Gasteiger partial charge in [-0.15, -0.1) is 0 Å². The maximum atomic E-state index is 13.1. The van der Waals surface area contributed by atoms with Crippen LogP contribution < -0.4 is 15.8 Å². The summed E-state index contributed by atoms with van der Waals surface area (Å²) in [6.07, 6.45) is 1.07. The molecular formula is C26H33ClN4O4S. The molecule has 0 saturated carbocycles. The summed E-state index contributed by atoms with van der Waals surface area (Å²) in [5, 5.41) is 7.14. The molecule has 0 spiro atoms. The van der Waals surface area contributed by atoms with E-state index in [4.69, 9.17) is 27.2 Å². The number of nitrogens with zero attached hydrogens (tertiary/aromatic N) is 2. The Labute approximate surface area is 217 Å². The maximum Gasteiger partial charge on any atom is 0.227 e. The number of aromatic nitrogens is 2. The van der Waals surface area contributed by atoms with Crippen LogP contribution in [-0.2, 0) is 26.6 Å². The zero-order valence-corrected chi connectivity index (χ0v) is 22.9. The molecule has 2 aromatic carbocycles. The molecule has 3 aromatic rings. The average Bonchev–Trinajstić information content (AvgIpc) is 3.25. The summed E-state index contributed by atoms with van der Waals surface area (Å²) in [6.45, 7) is 8.26.